The average molecular weight is 243 g/mol. The Morgan fingerprint density at radius 2 is 2.38 bits per heavy atom. The quantitative estimate of drug-likeness (QED) is 0.472. The van der Waals surface area contributed by atoms with Gasteiger partial charge in [0.05, 0.1) is 6.20 Å². The van der Waals surface area contributed by atoms with Crippen molar-refractivity contribution in [3.8, 4) is 12.3 Å². The third-order valence-electron chi connectivity index (χ3n) is 1.66. The number of aromatic amines is 1. The number of carboxylic acid groups (broad SMARTS) is 1. The molecule has 0 spiro atoms. The number of sulfonamides is 1. The molecule has 1 aromatic heterocycles. The highest BCUT2D eigenvalue weighted by Gasteiger charge is 2.23. The summed E-state index contributed by atoms with van der Waals surface area (Å²) in [7, 11) is -3.91. The highest BCUT2D eigenvalue weighted by atomic mass is 32.2. The van der Waals surface area contributed by atoms with E-state index in [0.717, 1.165) is 6.20 Å². The summed E-state index contributed by atoms with van der Waals surface area (Å²) < 4.78 is 25.3. The van der Waals surface area contributed by atoms with Crippen LogP contribution >= 0.6 is 0 Å². The molecule has 0 aliphatic heterocycles. The fraction of sp³-hybridized carbons (Fsp3) is 0.250. The van der Waals surface area contributed by atoms with Crippen molar-refractivity contribution in [2.45, 2.75) is 11.4 Å². The zero-order chi connectivity index (χ0) is 12.2. The molecule has 0 amide bonds. The predicted molar refractivity (Wildman–Crippen MR) is 54.2 cm³/mol. The summed E-state index contributed by atoms with van der Waals surface area (Å²) in [5, 5.41) is 13.7. The zero-order valence-corrected chi connectivity index (χ0v) is 8.91. The number of aromatic carboxylic acids is 1. The first kappa shape index (κ1) is 12.2. The highest BCUT2D eigenvalue weighted by molar-refractivity contribution is 7.89. The van der Waals surface area contributed by atoms with Crippen molar-refractivity contribution < 1.29 is 18.3 Å². The normalized spacial score (nSPS) is 10.9. The number of carbonyl (C=O) groups is 1. The van der Waals surface area contributed by atoms with Gasteiger partial charge in [0, 0.05) is 13.0 Å². The maximum Gasteiger partial charge on any atom is 0.340 e. The first-order valence-corrected chi connectivity index (χ1v) is 5.67. The molecule has 8 heteroatoms. The Kier molecular flexibility index (Phi) is 3.65. The summed E-state index contributed by atoms with van der Waals surface area (Å²) in [5.74, 6) is 0.884. The minimum Gasteiger partial charge on any atom is -0.478 e. The average Bonchev–Trinajstić information content (AvgIpc) is 2.66. The van der Waals surface area contributed by atoms with E-state index in [4.69, 9.17) is 11.5 Å². The van der Waals surface area contributed by atoms with Crippen molar-refractivity contribution in [3.63, 3.8) is 0 Å². The number of terminal acetylenes is 1. The van der Waals surface area contributed by atoms with Crippen LogP contribution in [0.4, 0.5) is 0 Å². The molecule has 7 nitrogen and oxygen atoms in total. The smallest absolute Gasteiger partial charge is 0.340 e. The minimum atomic E-state index is -3.91. The fourth-order valence-electron chi connectivity index (χ4n) is 0.961. The van der Waals surface area contributed by atoms with Crippen LogP contribution in [0.25, 0.3) is 0 Å². The summed E-state index contributed by atoms with van der Waals surface area (Å²) in [6.45, 7) is 0.0386. The number of hydrogen-bond acceptors (Lipinski definition) is 4. The number of rotatable bonds is 5. The van der Waals surface area contributed by atoms with Crippen LogP contribution < -0.4 is 4.72 Å². The number of nitrogens with one attached hydrogen (secondary N) is 2. The molecule has 16 heavy (non-hydrogen) atoms. The first-order chi connectivity index (χ1) is 7.49. The van der Waals surface area contributed by atoms with Crippen molar-refractivity contribution in [2.75, 3.05) is 6.54 Å². The lowest BCUT2D eigenvalue weighted by atomic mass is 10.4. The maximum atomic E-state index is 11.6. The van der Waals surface area contributed by atoms with Gasteiger partial charge in [0.1, 0.15) is 5.56 Å². The van der Waals surface area contributed by atoms with E-state index in [-0.39, 0.29) is 13.0 Å². The van der Waals surface area contributed by atoms with Crippen molar-refractivity contribution in [2.24, 2.45) is 0 Å². The Morgan fingerprint density at radius 3 is 2.94 bits per heavy atom. The molecule has 0 fully saturated rings. The lowest BCUT2D eigenvalue weighted by Crippen LogP contribution is -2.26. The Labute approximate surface area is 91.9 Å². The molecule has 86 valence electrons. The molecule has 1 rings (SSSR count). The highest BCUT2D eigenvalue weighted by Crippen LogP contribution is 2.11. The molecule has 0 bridgehead atoms. The third kappa shape index (κ3) is 2.59. The van der Waals surface area contributed by atoms with Crippen LogP contribution in [0.15, 0.2) is 11.2 Å². The van der Waals surface area contributed by atoms with Crippen LogP contribution in [0.2, 0.25) is 0 Å². The van der Waals surface area contributed by atoms with Gasteiger partial charge in [-0.3, -0.25) is 5.10 Å². The second-order valence-corrected chi connectivity index (χ2v) is 4.47. The van der Waals surface area contributed by atoms with Gasteiger partial charge in [-0.25, -0.2) is 17.9 Å². The summed E-state index contributed by atoms with van der Waals surface area (Å²) in [6, 6.07) is 0. The topological polar surface area (TPSA) is 112 Å². The van der Waals surface area contributed by atoms with Crippen molar-refractivity contribution in [3.05, 3.63) is 11.8 Å². The Hall–Kier alpha value is -1.85. The van der Waals surface area contributed by atoms with Gasteiger partial charge in [-0.15, -0.1) is 12.3 Å². The number of H-pyrrole nitrogens is 1. The minimum absolute atomic E-state index is 0.0386. The van der Waals surface area contributed by atoms with Crippen molar-refractivity contribution in [1.82, 2.24) is 14.9 Å². The van der Waals surface area contributed by atoms with Crippen molar-refractivity contribution >= 4 is 16.0 Å². The van der Waals surface area contributed by atoms with Crippen LogP contribution in [0.3, 0.4) is 0 Å². The molecule has 3 N–H and O–H groups in total. The summed E-state index contributed by atoms with van der Waals surface area (Å²) in [4.78, 5) is 10.7. The van der Waals surface area contributed by atoms with Gasteiger partial charge >= 0.3 is 5.97 Å². The molecule has 0 aromatic carbocycles. The molecule has 0 saturated carbocycles. The van der Waals surface area contributed by atoms with Gasteiger partial charge in [-0.1, -0.05) is 0 Å². The standard InChI is InChI=1S/C8H9N3O4S/c1-2-3-4-10-16(14,15)7-6(8(12)13)5-9-11-7/h1,5,10H,3-4H2,(H,9,11)(H,12,13). The monoisotopic (exact) mass is 243 g/mol. The summed E-state index contributed by atoms with van der Waals surface area (Å²) >= 11 is 0. The van der Waals surface area contributed by atoms with E-state index >= 15 is 0 Å². The molecule has 1 aromatic rings. The molecular weight excluding hydrogens is 234 g/mol. The molecule has 0 aliphatic rings. The second kappa shape index (κ2) is 4.78. The van der Waals surface area contributed by atoms with Crippen LogP contribution in [-0.2, 0) is 10.0 Å². The van der Waals surface area contributed by atoms with Crippen LogP contribution in [0, 0.1) is 12.3 Å². The van der Waals surface area contributed by atoms with E-state index in [2.05, 4.69) is 20.8 Å². The number of nitrogens with zero attached hydrogens (tertiary/aromatic N) is 1. The van der Waals surface area contributed by atoms with Gasteiger partial charge in [0.25, 0.3) is 10.0 Å². The number of hydrogen-bond donors (Lipinski definition) is 3. The van der Waals surface area contributed by atoms with Crippen LogP contribution in [-0.4, -0.2) is 36.2 Å². The van der Waals surface area contributed by atoms with E-state index in [1.807, 2.05) is 0 Å². The van der Waals surface area contributed by atoms with Crippen LogP contribution in [0.1, 0.15) is 16.8 Å². The van der Waals surface area contributed by atoms with E-state index in [1.165, 1.54) is 0 Å². The second-order valence-electron chi connectivity index (χ2n) is 2.77. The largest absolute Gasteiger partial charge is 0.478 e. The van der Waals surface area contributed by atoms with Crippen molar-refractivity contribution in [1.29, 1.82) is 0 Å². The van der Waals surface area contributed by atoms with Gasteiger partial charge in [0.15, 0.2) is 5.03 Å². The Bertz CT molecular complexity index is 526. The maximum absolute atomic E-state index is 11.6. The van der Waals surface area contributed by atoms with E-state index in [1.54, 1.807) is 0 Å². The Balaban J connectivity index is 2.95. The molecule has 0 saturated heterocycles. The van der Waals surface area contributed by atoms with E-state index < -0.39 is 26.6 Å². The third-order valence-corrected chi connectivity index (χ3v) is 3.10. The summed E-state index contributed by atoms with van der Waals surface area (Å²) in [6.07, 6.45) is 6.10. The number of aromatic nitrogens is 2. The molecule has 0 aliphatic carbocycles. The molecule has 0 atom stereocenters. The molecular formula is C8H9N3O4S. The van der Waals surface area contributed by atoms with E-state index in [0.29, 0.717) is 0 Å². The van der Waals surface area contributed by atoms with Crippen LogP contribution in [0.5, 0.6) is 0 Å². The van der Waals surface area contributed by atoms with Gasteiger partial charge in [-0.2, -0.15) is 5.10 Å². The lowest BCUT2D eigenvalue weighted by molar-refractivity contribution is 0.0692. The predicted octanol–water partition coefficient (Wildman–Crippen LogP) is -0.591. The van der Waals surface area contributed by atoms with Gasteiger partial charge in [0.2, 0.25) is 0 Å². The van der Waals surface area contributed by atoms with Gasteiger partial charge in [-0.05, 0) is 0 Å². The Morgan fingerprint density at radius 1 is 1.69 bits per heavy atom. The zero-order valence-electron chi connectivity index (χ0n) is 8.10. The van der Waals surface area contributed by atoms with Gasteiger partial charge < -0.3 is 5.11 Å². The van der Waals surface area contributed by atoms with E-state index in [9.17, 15) is 13.2 Å². The number of carboxylic acids is 1. The SMILES string of the molecule is C#CCCNS(=O)(=O)c1[nH]ncc1C(=O)O. The molecule has 1 heterocycles. The lowest BCUT2D eigenvalue weighted by Gasteiger charge is -2.03. The molecule has 0 radical (unpaired) electrons. The fourth-order valence-corrected chi connectivity index (χ4v) is 2.08. The molecule has 0 unspecified atom stereocenters. The summed E-state index contributed by atoms with van der Waals surface area (Å²) in [5.41, 5.74) is -0.409. The first-order valence-electron chi connectivity index (χ1n) is 4.19.